The Labute approximate surface area is 147 Å². The highest BCUT2D eigenvalue weighted by Gasteiger charge is 2.29. The van der Waals surface area contributed by atoms with Gasteiger partial charge in [-0.25, -0.2) is 0 Å². The van der Waals surface area contributed by atoms with Gasteiger partial charge in [-0.15, -0.1) is 0 Å². The SMILES string of the molecule is Cc1ccc(C(O)C(C(=O)O)c2ccc(-c3ccccc3)cc2)cc1. The lowest BCUT2D eigenvalue weighted by atomic mass is 9.88. The first-order valence-electron chi connectivity index (χ1n) is 8.19. The van der Waals surface area contributed by atoms with Gasteiger partial charge in [-0.2, -0.15) is 0 Å². The maximum atomic E-state index is 11.8. The maximum Gasteiger partial charge on any atom is 0.314 e. The van der Waals surface area contributed by atoms with Crippen LogP contribution in [-0.2, 0) is 4.79 Å². The summed E-state index contributed by atoms with van der Waals surface area (Å²) in [7, 11) is 0. The molecule has 0 heterocycles. The van der Waals surface area contributed by atoms with Gasteiger partial charge in [0.15, 0.2) is 0 Å². The molecule has 2 N–H and O–H groups in total. The Morgan fingerprint density at radius 3 is 1.84 bits per heavy atom. The van der Waals surface area contributed by atoms with Gasteiger partial charge in [-0.3, -0.25) is 4.79 Å². The van der Waals surface area contributed by atoms with Gasteiger partial charge in [-0.05, 0) is 29.2 Å². The number of hydrogen-bond acceptors (Lipinski definition) is 2. The molecule has 0 fully saturated rings. The minimum atomic E-state index is -1.10. The number of carbonyl (C=O) groups is 1. The summed E-state index contributed by atoms with van der Waals surface area (Å²) in [5, 5.41) is 20.2. The maximum absolute atomic E-state index is 11.8. The van der Waals surface area contributed by atoms with E-state index in [0.29, 0.717) is 11.1 Å². The third-order valence-corrected chi connectivity index (χ3v) is 4.38. The number of carboxylic acid groups (broad SMARTS) is 1. The predicted molar refractivity (Wildman–Crippen MR) is 98.4 cm³/mol. The molecule has 3 aromatic rings. The van der Waals surface area contributed by atoms with E-state index in [0.717, 1.165) is 16.7 Å². The molecule has 0 aromatic heterocycles. The molecular weight excluding hydrogens is 312 g/mol. The average Bonchev–Trinajstić information content (AvgIpc) is 2.63. The zero-order valence-corrected chi connectivity index (χ0v) is 14.0. The number of aliphatic hydroxyl groups is 1. The van der Waals surface area contributed by atoms with Gasteiger partial charge < -0.3 is 10.2 Å². The Balaban J connectivity index is 1.90. The third-order valence-electron chi connectivity index (χ3n) is 4.38. The molecule has 126 valence electrons. The fourth-order valence-corrected chi connectivity index (χ4v) is 2.93. The smallest absolute Gasteiger partial charge is 0.314 e. The molecule has 0 saturated heterocycles. The Morgan fingerprint density at radius 2 is 1.28 bits per heavy atom. The van der Waals surface area contributed by atoms with E-state index < -0.39 is 18.0 Å². The average molecular weight is 332 g/mol. The van der Waals surface area contributed by atoms with Gasteiger partial charge in [0.1, 0.15) is 5.92 Å². The lowest BCUT2D eigenvalue weighted by molar-refractivity contribution is -0.141. The van der Waals surface area contributed by atoms with Gasteiger partial charge in [0.2, 0.25) is 0 Å². The molecule has 25 heavy (non-hydrogen) atoms. The largest absolute Gasteiger partial charge is 0.481 e. The molecule has 0 radical (unpaired) electrons. The standard InChI is InChI=1S/C22H20O3/c1-15-7-9-19(10-8-15)21(23)20(22(24)25)18-13-11-17(12-14-18)16-5-3-2-4-6-16/h2-14,20-21,23H,1H3,(H,24,25). The molecule has 2 atom stereocenters. The van der Waals surface area contributed by atoms with Crippen LogP contribution in [0.5, 0.6) is 0 Å². The van der Waals surface area contributed by atoms with Crippen LogP contribution in [0.25, 0.3) is 11.1 Å². The van der Waals surface area contributed by atoms with Crippen LogP contribution in [0.1, 0.15) is 28.7 Å². The Bertz CT molecular complexity index is 837. The first kappa shape index (κ1) is 16.9. The van der Waals surface area contributed by atoms with Crippen molar-refractivity contribution in [3.8, 4) is 11.1 Å². The second kappa shape index (κ2) is 7.32. The van der Waals surface area contributed by atoms with Gasteiger partial charge in [0.05, 0.1) is 6.10 Å². The quantitative estimate of drug-likeness (QED) is 0.720. The van der Waals surface area contributed by atoms with Crippen LogP contribution in [0, 0.1) is 6.92 Å². The second-order valence-corrected chi connectivity index (χ2v) is 6.16. The number of hydrogen-bond donors (Lipinski definition) is 2. The van der Waals surface area contributed by atoms with Gasteiger partial charge in [0.25, 0.3) is 0 Å². The Hall–Kier alpha value is -2.91. The number of aliphatic carboxylic acids is 1. The molecule has 0 amide bonds. The van der Waals surface area contributed by atoms with Gasteiger partial charge in [-0.1, -0.05) is 84.4 Å². The van der Waals surface area contributed by atoms with Gasteiger partial charge in [0, 0.05) is 0 Å². The first-order valence-corrected chi connectivity index (χ1v) is 8.19. The number of rotatable bonds is 5. The highest BCUT2D eigenvalue weighted by Crippen LogP contribution is 2.32. The summed E-state index contributed by atoms with van der Waals surface area (Å²) < 4.78 is 0. The third kappa shape index (κ3) is 3.78. The molecule has 3 heteroatoms. The lowest BCUT2D eigenvalue weighted by Crippen LogP contribution is -2.20. The van der Waals surface area contributed by atoms with Crippen LogP contribution in [-0.4, -0.2) is 16.2 Å². The van der Waals surface area contributed by atoms with Crippen LogP contribution in [0.3, 0.4) is 0 Å². The summed E-state index contributed by atoms with van der Waals surface area (Å²) in [4.78, 5) is 11.8. The van der Waals surface area contributed by atoms with Crippen molar-refractivity contribution in [2.45, 2.75) is 18.9 Å². The molecule has 3 rings (SSSR count). The number of carboxylic acids is 1. The van der Waals surface area contributed by atoms with Crippen molar-refractivity contribution in [3.05, 3.63) is 95.6 Å². The van der Waals surface area contributed by atoms with Crippen LogP contribution in [0.2, 0.25) is 0 Å². The summed E-state index contributed by atoms with van der Waals surface area (Å²) in [5.74, 6) is -2.05. The molecule has 2 unspecified atom stereocenters. The summed E-state index contributed by atoms with van der Waals surface area (Å²) >= 11 is 0. The number of aliphatic hydroxyl groups excluding tert-OH is 1. The molecule has 0 bridgehead atoms. The fraction of sp³-hybridized carbons (Fsp3) is 0.136. The van der Waals surface area contributed by atoms with E-state index in [1.807, 2.05) is 61.5 Å². The number of benzene rings is 3. The number of aryl methyl sites for hydroxylation is 1. The zero-order valence-electron chi connectivity index (χ0n) is 14.0. The van der Waals surface area contributed by atoms with Gasteiger partial charge >= 0.3 is 5.97 Å². The van der Waals surface area contributed by atoms with Crippen molar-refractivity contribution in [2.75, 3.05) is 0 Å². The van der Waals surface area contributed by atoms with Crippen molar-refractivity contribution in [2.24, 2.45) is 0 Å². The topological polar surface area (TPSA) is 57.5 Å². The van der Waals surface area contributed by atoms with E-state index >= 15 is 0 Å². The minimum absolute atomic E-state index is 0.584. The highest BCUT2D eigenvalue weighted by atomic mass is 16.4. The van der Waals surface area contributed by atoms with E-state index in [4.69, 9.17) is 0 Å². The minimum Gasteiger partial charge on any atom is -0.481 e. The van der Waals surface area contributed by atoms with Crippen LogP contribution < -0.4 is 0 Å². The van der Waals surface area contributed by atoms with E-state index in [2.05, 4.69) is 0 Å². The van der Waals surface area contributed by atoms with E-state index in [1.54, 1.807) is 24.3 Å². The monoisotopic (exact) mass is 332 g/mol. The van der Waals surface area contributed by atoms with Crippen molar-refractivity contribution in [1.82, 2.24) is 0 Å². The predicted octanol–water partition coefficient (Wildman–Crippen LogP) is 4.56. The summed E-state index contributed by atoms with van der Waals surface area (Å²) in [6, 6.07) is 24.5. The lowest BCUT2D eigenvalue weighted by Gasteiger charge is -2.20. The van der Waals surface area contributed by atoms with Crippen molar-refractivity contribution >= 4 is 5.97 Å². The second-order valence-electron chi connectivity index (χ2n) is 6.16. The highest BCUT2D eigenvalue weighted by molar-refractivity contribution is 5.78. The van der Waals surface area contributed by atoms with Crippen molar-refractivity contribution in [3.63, 3.8) is 0 Å². The molecule has 3 nitrogen and oxygen atoms in total. The first-order chi connectivity index (χ1) is 12.1. The molecular formula is C22H20O3. The molecule has 0 aliphatic rings. The Morgan fingerprint density at radius 1 is 0.760 bits per heavy atom. The molecule has 0 aliphatic carbocycles. The van der Waals surface area contributed by atoms with Crippen LogP contribution >= 0.6 is 0 Å². The summed E-state index contributed by atoms with van der Waals surface area (Å²) in [5.41, 5.74) is 4.33. The molecule has 0 aliphatic heterocycles. The summed E-state index contributed by atoms with van der Waals surface area (Å²) in [6.07, 6.45) is -1.10. The zero-order chi connectivity index (χ0) is 17.8. The molecule has 3 aromatic carbocycles. The summed E-state index contributed by atoms with van der Waals surface area (Å²) in [6.45, 7) is 1.95. The van der Waals surface area contributed by atoms with Crippen molar-refractivity contribution in [1.29, 1.82) is 0 Å². The fourth-order valence-electron chi connectivity index (χ4n) is 2.93. The van der Waals surface area contributed by atoms with Crippen LogP contribution in [0.15, 0.2) is 78.9 Å². The Kier molecular flexibility index (Phi) is 4.96. The van der Waals surface area contributed by atoms with Crippen molar-refractivity contribution < 1.29 is 15.0 Å². The van der Waals surface area contributed by atoms with E-state index in [-0.39, 0.29) is 0 Å². The van der Waals surface area contributed by atoms with Crippen LogP contribution in [0.4, 0.5) is 0 Å². The van der Waals surface area contributed by atoms with E-state index in [9.17, 15) is 15.0 Å². The molecule has 0 saturated carbocycles. The van der Waals surface area contributed by atoms with E-state index in [1.165, 1.54) is 0 Å². The normalized spacial score (nSPS) is 13.2. The molecule has 0 spiro atoms.